The van der Waals surface area contributed by atoms with E-state index in [1.807, 2.05) is 31.2 Å². The number of benzene rings is 2. The normalized spacial score (nSPS) is 10.5. The van der Waals surface area contributed by atoms with Crippen LogP contribution in [0.25, 0.3) is 11.4 Å². The lowest BCUT2D eigenvalue weighted by Crippen LogP contribution is -2.12. The van der Waals surface area contributed by atoms with Crippen LogP contribution in [0.5, 0.6) is 0 Å². The van der Waals surface area contributed by atoms with E-state index in [0.29, 0.717) is 29.4 Å². The van der Waals surface area contributed by atoms with Crippen molar-refractivity contribution < 1.29 is 14.1 Å². The van der Waals surface area contributed by atoms with Crippen molar-refractivity contribution in [1.82, 2.24) is 10.1 Å². The van der Waals surface area contributed by atoms with E-state index >= 15 is 0 Å². The number of carbonyl (C=O) groups is 2. The van der Waals surface area contributed by atoms with Crippen LogP contribution in [0.15, 0.2) is 53.1 Å². The molecule has 3 rings (SSSR count). The summed E-state index contributed by atoms with van der Waals surface area (Å²) in [5.41, 5.74) is 3.25. The van der Waals surface area contributed by atoms with E-state index in [4.69, 9.17) is 4.52 Å². The number of Topliss-reactive ketones (excluding diaryl/α,β-unsaturated/α-hetero) is 1. The number of aryl methyl sites for hydroxylation is 2. The van der Waals surface area contributed by atoms with Gasteiger partial charge in [0.25, 0.3) is 0 Å². The number of rotatable bonds is 6. The third-order valence-corrected chi connectivity index (χ3v) is 3.89. The molecule has 0 unspecified atom stereocenters. The number of amides is 1. The largest absolute Gasteiger partial charge is 0.339 e. The molecule has 0 aliphatic rings. The molecule has 0 fully saturated rings. The Morgan fingerprint density at radius 3 is 2.58 bits per heavy atom. The molecule has 0 atom stereocenters. The van der Waals surface area contributed by atoms with Crippen molar-refractivity contribution in [3.05, 3.63) is 65.5 Å². The van der Waals surface area contributed by atoms with Gasteiger partial charge < -0.3 is 9.84 Å². The van der Waals surface area contributed by atoms with Gasteiger partial charge in [-0.15, -0.1) is 0 Å². The smallest absolute Gasteiger partial charge is 0.227 e. The molecule has 6 nitrogen and oxygen atoms in total. The van der Waals surface area contributed by atoms with Gasteiger partial charge >= 0.3 is 0 Å². The first-order chi connectivity index (χ1) is 12.5. The van der Waals surface area contributed by atoms with E-state index < -0.39 is 0 Å². The number of aromatic nitrogens is 2. The molecule has 3 aromatic rings. The second-order valence-corrected chi connectivity index (χ2v) is 6.06. The minimum absolute atomic E-state index is 0.0105. The van der Waals surface area contributed by atoms with E-state index in [2.05, 4.69) is 15.5 Å². The van der Waals surface area contributed by atoms with Crippen molar-refractivity contribution in [2.75, 3.05) is 5.32 Å². The van der Waals surface area contributed by atoms with Crippen LogP contribution >= 0.6 is 0 Å². The highest BCUT2D eigenvalue weighted by atomic mass is 16.5. The number of nitrogens with one attached hydrogen (secondary N) is 1. The molecule has 1 heterocycles. The minimum atomic E-state index is -0.157. The van der Waals surface area contributed by atoms with Crippen molar-refractivity contribution in [1.29, 1.82) is 0 Å². The van der Waals surface area contributed by atoms with Crippen molar-refractivity contribution in [2.45, 2.75) is 26.7 Å². The van der Waals surface area contributed by atoms with Gasteiger partial charge in [-0.05, 0) is 44.2 Å². The molecular weight excluding hydrogens is 330 g/mol. The molecule has 1 aromatic heterocycles. The van der Waals surface area contributed by atoms with Gasteiger partial charge in [-0.25, -0.2) is 0 Å². The van der Waals surface area contributed by atoms with E-state index in [1.54, 1.807) is 24.3 Å². The molecule has 0 saturated carbocycles. The predicted molar refractivity (Wildman–Crippen MR) is 97.9 cm³/mol. The Hall–Kier alpha value is -3.28. The summed E-state index contributed by atoms with van der Waals surface area (Å²) in [5.74, 6) is 0.770. The van der Waals surface area contributed by atoms with Gasteiger partial charge in [-0.1, -0.05) is 28.9 Å². The van der Waals surface area contributed by atoms with Crippen LogP contribution in [0.2, 0.25) is 0 Å². The summed E-state index contributed by atoms with van der Waals surface area (Å²) in [6, 6.07) is 14.6. The summed E-state index contributed by atoms with van der Waals surface area (Å²) in [5, 5.41) is 6.75. The predicted octanol–water partition coefficient (Wildman–Crippen LogP) is 3.82. The van der Waals surface area contributed by atoms with Gasteiger partial charge in [0.05, 0.1) is 0 Å². The van der Waals surface area contributed by atoms with Gasteiger partial charge in [0.2, 0.25) is 17.6 Å². The Labute approximate surface area is 151 Å². The molecule has 0 aliphatic heterocycles. The highest BCUT2D eigenvalue weighted by Gasteiger charge is 2.11. The monoisotopic (exact) mass is 349 g/mol. The van der Waals surface area contributed by atoms with Gasteiger partial charge in [-0.2, -0.15) is 4.98 Å². The van der Waals surface area contributed by atoms with Crippen LogP contribution in [0.1, 0.15) is 35.2 Å². The summed E-state index contributed by atoms with van der Waals surface area (Å²) in [7, 11) is 0. The standard InChI is InChI=1S/C20H19N3O3/c1-13-4-3-5-16(12-13)20-22-19(26-23-20)11-10-18(25)21-17-8-6-15(7-9-17)14(2)24/h3-9,12H,10-11H2,1-2H3,(H,21,25). The van der Waals surface area contributed by atoms with Crippen LogP contribution in [0.4, 0.5) is 5.69 Å². The van der Waals surface area contributed by atoms with Crippen LogP contribution in [0, 0.1) is 6.92 Å². The van der Waals surface area contributed by atoms with Crippen LogP contribution in [0.3, 0.4) is 0 Å². The first-order valence-corrected chi connectivity index (χ1v) is 8.32. The third-order valence-electron chi connectivity index (χ3n) is 3.89. The molecule has 26 heavy (non-hydrogen) atoms. The number of nitrogens with zero attached hydrogens (tertiary/aromatic N) is 2. The maximum atomic E-state index is 12.1. The molecule has 0 radical (unpaired) electrons. The lowest BCUT2D eigenvalue weighted by atomic mass is 10.1. The molecule has 132 valence electrons. The van der Waals surface area contributed by atoms with E-state index in [9.17, 15) is 9.59 Å². The van der Waals surface area contributed by atoms with Gasteiger partial charge in [0.15, 0.2) is 5.78 Å². The zero-order valence-corrected chi connectivity index (χ0v) is 14.7. The topological polar surface area (TPSA) is 85.1 Å². The Morgan fingerprint density at radius 1 is 1.12 bits per heavy atom. The van der Waals surface area contributed by atoms with Gasteiger partial charge in [0.1, 0.15) is 0 Å². The van der Waals surface area contributed by atoms with Crippen molar-refractivity contribution in [3.8, 4) is 11.4 Å². The molecule has 1 N–H and O–H groups in total. The summed E-state index contributed by atoms with van der Waals surface area (Å²) >= 11 is 0. The average molecular weight is 349 g/mol. The fourth-order valence-electron chi connectivity index (χ4n) is 2.49. The SMILES string of the molecule is CC(=O)c1ccc(NC(=O)CCc2nc(-c3cccc(C)c3)no2)cc1. The van der Waals surface area contributed by atoms with Crippen LogP contribution in [-0.2, 0) is 11.2 Å². The number of carbonyl (C=O) groups excluding carboxylic acids is 2. The number of ketones is 1. The summed E-state index contributed by atoms with van der Waals surface area (Å²) < 4.78 is 5.22. The van der Waals surface area contributed by atoms with Crippen molar-refractivity contribution in [2.24, 2.45) is 0 Å². The average Bonchev–Trinajstić information content (AvgIpc) is 3.09. The molecule has 0 saturated heterocycles. The van der Waals surface area contributed by atoms with E-state index in [1.165, 1.54) is 6.92 Å². The van der Waals surface area contributed by atoms with E-state index in [0.717, 1.165) is 11.1 Å². The number of hydrogen-bond acceptors (Lipinski definition) is 5. The molecule has 0 bridgehead atoms. The molecule has 1 amide bonds. The fourth-order valence-corrected chi connectivity index (χ4v) is 2.49. The first-order valence-electron chi connectivity index (χ1n) is 8.32. The number of anilines is 1. The molecular formula is C20H19N3O3. The summed E-state index contributed by atoms with van der Waals surface area (Å²) in [6.45, 7) is 3.50. The molecule has 6 heteroatoms. The molecule has 0 spiro atoms. The van der Waals surface area contributed by atoms with Gasteiger partial charge in [0, 0.05) is 29.7 Å². The lowest BCUT2D eigenvalue weighted by Gasteiger charge is -2.04. The minimum Gasteiger partial charge on any atom is -0.339 e. The Morgan fingerprint density at radius 2 is 1.88 bits per heavy atom. The van der Waals surface area contributed by atoms with Crippen molar-refractivity contribution in [3.63, 3.8) is 0 Å². The van der Waals surface area contributed by atoms with Crippen molar-refractivity contribution >= 4 is 17.4 Å². The van der Waals surface area contributed by atoms with E-state index in [-0.39, 0.29) is 18.1 Å². The highest BCUT2D eigenvalue weighted by molar-refractivity contribution is 5.95. The second-order valence-electron chi connectivity index (χ2n) is 6.06. The summed E-state index contributed by atoms with van der Waals surface area (Å²) in [4.78, 5) is 27.6. The Balaban J connectivity index is 1.55. The zero-order chi connectivity index (χ0) is 18.5. The Kier molecular flexibility index (Phi) is 5.22. The molecule has 2 aromatic carbocycles. The third kappa shape index (κ3) is 4.42. The summed E-state index contributed by atoms with van der Waals surface area (Å²) in [6.07, 6.45) is 0.583. The van der Waals surface area contributed by atoms with Crippen LogP contribution in [-0.4, -0.2) is 21.8 Å². The lowest BCUT2D eigenvalue weighted by molar-refractivity contribution is -0.116. The quantitative estimate of drug-likeness (QED) is 0.684. The molecule has 0 aliphatic carbocycles. The zero-order valence-electron chi connectivity index (χ0n) is 14.7. The van der Waals surface area contributed by atoms with Gasteiger partial charge in [-0.3, -0.25) is 9.59 Å². The van der Waals surface area contributed by atoms with Crippen LogP contribution < -0.4 is 5.32 Å². The maximum absolute atomic E-state index is 12.1. The highest BCUT2D eigenvalue weighted by Crippen LogP contribution is 2.17. The number of hydrogen-bond donors (Lipinski definition) is 1. The Bertz CT molecular complexity index is 929. The maximum Gasteiger partial charge on any atom is 0.227 e. The first kappa shape index (κ1) is 17.5. The second kappa shape index (κ2) is 7.74. The fraction of sp³-hybridized carbons (Fsp3) is 0.200.